The Morgan fingerprint density at radius 3 is 2.56 bits per heavy atom. The topological polar surface area (TPSA) is 71.9 Å². The number of rotatable bonds is 12. The number of aliphatic carboxylic acids is 1. The maximum absolute atomic E-state index is 15.1. The van der Waals surface area contributed by atoms with Gasteiger partial charge in [0.2, 0.25) is 5.88 Å². The molecule has 0 bridgehead atoms. The molecule has 2 aromatic carbocycles. The molecule has 0 radical (unpaired) electrons. The maximum atomic E-state index is 15.1. The highest BCUT2D eigenvalue weighted by Gasteiger charge is 2.39. The van der Waals surface area contributed by atoms with Gasteiger partial charge in [-0.05, 0) is 91.4 Å². The lowest BCUT2D eigenvalue weighted by Crippen LogP contribution is -2.23. The summed E-state index contributed by atoms with van der Waals surface area (Å²) in [5, 5.41) is 9.74. The highest BCUT2D eigenvalue weighted by atomic mass is 19.1. The molecular weight excluding hydrogens is 519 g/mol. The molecule has 1 aliphatic heterocycles. The Kier molecular flexibility index (Phi) is 8.93. The Morgan fingerprint density at radius 1 is 1.10 bits per heavy atom. The minimum absolute atomic E-state index is 0.00132. The minimum atomic E-state index is -0.752. The molecule has 41 heavy (non-hydrogen) atoms. The number of halogens is 1. The molecule has 5 rings (SSSR count). The number of aryl methyl sites for hydroxylation is 1. The fraction of sp³-hybridized carbons (Fsp3) is 0.471. The lowest BCUT2D eigenvalue weighted by atomic mass is 9.82. The van der Waals surface area contributed by atoms with Crippen LogP contribution in [0.2, 0.25) is 0 Å². The van der Waals surface area contributed by atoms with E-state index in [-0.39, 0.29) is 17.8 Å². The molecule has 1 saturated carbocycles. The van der Waals surface area contributed by atoms with Gasteiger partial charge in [0, 0.05) is 18.2 Å². The predicted molar refractivity (Wildman–Crippen MR) is 158 cm³/mol. The molecule has 1 aliphatic carbocycles. The Bertz CT molecular complexity index is 1390. The molecule has 0 spiro atoms. The summed E-state index contributed by atoms with van der Waals surface area (Å²) >= 11 is 0. The molecule has 2 aliphatic rings. The summed E-state index contributed by atoms with van der Waals surface area (Å²) in [6.45, 7) is 10.9. The first-order chi connectivity index (χ1) is 19.8. The van der Waals surface area contributed by atoms with E-state index >= 15 is 4.39 Å². The van der Waals surface area contributed by atoms with Crippen LogP contribution >= 0.6 is 0 Å². The Balaban J connectivity index is 1.47. The standard InChI is InChI=1S/C34H41FN2O4/c1-5-37(6-2)20-26-16-24(12-14-27(26)28-18-32(40-7-3)36-19-29(28)35)30-15-13-22-8-11-25(17-31(22)41-30)33(23-9-10-23)21(4)34(38)39/h8,11-12,14,16-19,21,23,30,33H,5-7,9-10,13,15,20H2,1-4H3,(H,38,39)/t21-,30?,33?/m0/s1. The van der Waals surface area contributed by atoms with E-state index < -0.39 is 11.9 Å². The monoisotopic (exact) mass is 560 g/mol. The van der Waals surface area contributed by atoms with Crippen LogP contribution < -0.4 is 9.47 Å². The van der Waals surface area contributed by atoms with Crippen LogP contribution in [0.25, 0.3) is 11.1 Å². The molecule has 3 aromatic rings. The van der Waals surface area contributed by atoms with Crippen LogP contribution in [0.3, 0.4) is 0 Å². The minimum Gasteiger partial charge on any atom is -0.485 e. The second kappa shape index (κ2) is 12.6. The number of pyridine rings is 1. The molecule has 0 amide bonds. The normalized spacial score (nSPS) is 18.0. The van der Waals surface area contributed by atoms with Crippen molar-refractivity contribution >= 4 is 5.97 Å². The Labute approximate surface area is 242 Å². The van der Waals surface area contributed by atoms with Crippen LogP contribution in [0, 0.1) is 17.7 Å². The van der Waals surface area contributed by atoms with Crippen LogP contribution in [-0.4, -0.2) is 40.7 Å². The first-order valence-electron chi connectivity index (χ1n) is 15.0. The van der Waals surface area contributed by atoms with Crippen molar-refractivity contribution in [3.05, 3.63) is 76.7 Å². The fourth-order valence-electron chi connectivity index (χ4n) is 6.15. The molecular formula is C34H41FN2O4. The quantitative estimate of drug-likeness (QED) is 0.249. The maximum Gasteiger partial charge on any atom is 0.306 e. The van der Waals surface area contributed by atoms with Crippen LogP contribution in [0.15, 0.2) is 48.7 Å². The third kappa shape index (κ3) is 6.40. The number of fused-ring (bicyclic) bond motifs is 1. The van der Waals surface area contributed by atoms with Gasteiger partial charge in [-0.2, -0.15) is 0 Å². The van der Waals surface area contributed by atoms with Gasteiger partial charge < -0.3 is 14.6 Å². The summed E-state index contributed by atoms with van der Waals surface area (Å²) in [6.07, 6.45) is 4.97. The number of nitrogens with zero attached hydrogens (tertiary/aromatic N) is 2. The van der Waals surface area contributed by atoms with Crippen molar-refractivity contribution in [2.24, 2.45) is 11.8 Å². The van der Waals surface area contributed by atoms with Crippen LogP contribution in [-0.2, 0) is 17.8 Å². The van der Waals surface area contributed by atoms with E-state index in [1.807, 2.05) is 26.0 Å². The number of carbonyl (C=O) groups is 1. The van der Waals surface area contributed by atoms with Gasteiger partial charge in [0.05, 0.1) is 18.7 Å². The molecule has 0 saturated heterocycles. The van der Waals surface area contributed by atoms with Crippen molar-refractivity contribution < 1.29 is 23.8 Å². The first-order valence-corrected chi connectivity index (χ1v) is 15.0. The summed E-state index contributed by atoms with van der Waals surface area (Å²) in [6, 6.07) is 14.2. The van der Waals surface area contributed by atoms with E-state index in [1.165, 1.54) is 6.20 Å². The number of aromatic nitrogens is 1. The van der Waals surface area contributed by atoms with E-state index in [2.05, 4.69) is 48.0 Å². The molecule has 2 heterocycles. The van der Waals surface area contributed by atoms with Crippen molar-refractivity contribution in [3.63, 3.8) is 0 Å². The molecule has 218 valence electrons. The molecule has 6 nitrogen and oxygen atoms in total. The summed E-state index contributed by atoms with van der Waals surface area (Å²) < 4.78 is 27.3. The molecule has 1 aromatic heterocycles. The molecule has 1 fully saturated rings. The van der Waals surface area contributed by atoms with Crippen molar-refractivity contribution in [1.82, 2.24) is 9.88 Å². The highest BCUT2D eigenvalue weighted by Crippen LogP contribution is 2.48. The van der Waals surface area contributed by atoms with Gasteiger partial charge in [-0.25, -0.2) is 9.37 Å². The van der Waals surface area contributed by atoms with Gasteiger partial charge in [0.15, 0.2) is 0 Å². The highest BCUT2D eigenvalue weighted by molar-refractivity contribution is 5.71. The average Bonchev–Trinajstić information content (AvgIpc) is 3.82. The van der Waals surface area contributed by atoms with E-state index in [1.54, 1.807) is 6.07 Å². The lowest BCUT2D eigenvalue weighted by Gasteiger charge is -2.29. The second-order valence-corrected chi connectivity index (χ2v) is 11.3. The van der Waals surface area contributed by atoms with Crippen molar-refractivity contribution in [2.75, 3.05) is 19.7 Å². The fourth-order valence-corrected chi connectivity index (χ4v) is 6.15. The summed E-state index contributed by atoms with van der Waals surface area (Å²) in [5.41, 5.74) is 5.61. The van der Waals surface area contributed by atoms with Crippen LogP contribution in [0.4, 0.5) is 4.39 Å². The number of ether oxygens (including phenoxy) is 2. The van der Waals surface area contributed by atoms with Gasteiger partial charge in [0.1, 0.15) is 17.7 Å². The van der Waals surface area contributed by atoms with E-state index in [4.69, 9.17) is 9.47 Å². The number of carboxylic acid groups (broad SMARTS) is 1. The third-order valence-corrected chi connectivity index (χ3v) is 8.68. The summed E-state index contributed by atoms with van der Waals surface area (Å²) in [5.74, 6) is 0.108. The zero-order valence-corrected chi connectivity index (χ0v) is 24.5. The third-order valence-electron chi connectivity index (χ3n) is 8.68. The molecule has 7 heteroatoms. The van der Waals surface area contributed by atoms with E-state index in [9.17, 15) is 9.90 Å². The van der Waals surface area contributed by atoms with Gasteiger partial charge in [-0.3, -0.25) is 9.69 Å². The number of hydrogen-bond donors (Lipinski definition) is 1. The molecule has 3 atom stereocenters. The Morgan fingerprint density at radius 2 is 1.88 bits per heavy atom. The van der Waals surface area contributed by atoms with Crippen LogP contribution in [0.5, 0.6) is 11.6 Å². The van der Waals surface area contributed by atoms with Gasteiger partial charge in [0.25, 0.3) is 0 Å². The zero-order chi connectivity index (χ0) is 29.1. The number of benzene rings is 2. The number of carboxylic acids is 1. The SMILES string of the molecule is CCOc1cc(-c2ccc(C3CCc4ccc(C(C5CC5)[C@H](C)C(=O)O)cc4O3)cc2CN(CC)CC)c(F)cn1. The number of hydrogen-bond acceptors (Lipinski definition) is 5. The van der Waals surface area contributed by atoms with Crippen molar-refractivity contribution in [3.8, 4) is 22.8 Å². The summed E-state index contributed by atoms with van der Waals surface area (Å²) in [7, 11) is 0. The average molecular weight is 561 g/mol. The van der Waals surface area contributed by atoms with Crippen LogP contribution in [0.1, 0.15) is 81.2 Å². The van der Waals surface area contributed by atoms with E-state index in [0.29, 0.717) is 30.5 Å². The Hall–Kier alpha value is -3.45. The first kappa shape index (κ1) is 29.1. The second-order valence-electron chi connectivity index (χ2n) is 11.3. The predicted octanol–water partition coefficient (Wildman–Crippen LogP) is 7.41. The molecule has 2 unspecified atom stereocenters. The van der Waals surface area contributed by atoms with Crippen molar-refractivity contribution in [2.45, 2.75) is 71.9 Å². The van der Waals surface area contributed by atoms with Crippen molar-refractivity contribution in [1.29, 1.82) is 0 Å². The largest absolute Gasteiger partial charge is 0.485 e. The summed E-state index contributed by atoms with van der Waals surface area (Å²) in [4.78, 5) is 18.3. The van der Waals surface area contributed by atoms with E-state index in [0.717, 1.165) is 72.3 Å². The smallest absolute Gasteiger partial charge is 0.306 e. The molecule has 1 N–H and O–H groups in total. The van der Waals surface area contributed by atoms with Gasteiger partial charge >= 0.3 is 5.97 Å². The van der Waals surface area contributed by atoms with Gasteiger partial charge in [-0.15, -0.1) is 0 Å². The zero-order valence-electron chi connectivity index (χ0n) is 24.5. The lowest BCUT2D eigenvalue weighted by molar-refractivity contribution is -0.142. The van der Waals surface area contributed by atoms with Gasteiger partial charge in [-0.1, -0.05) is 51.1 Å².